The monoisotopic (exact) mass is 258 g/mol. The Morgan fingerprint density at radius 2 is 2.06 bits per heavy atom. The number of nitrogens with zero attached hydrogens (tertiary/aromatic N) is 2. The fourth-order valence-electron chi connectivity index (χ4n) is 2.35. The van der Waals surface area contributed by atoms with Crippen molar-refractivity contribution in [3.05, 3.63) is 54.4 Å². The molecule has 3 rings (SSSR count). The third-order valence-electron chi connectivity index (χ3n) is 3.17. The fraction of sp³-hybridized carbons (Fsp3) is 0.143. The normalized spacial score (nSPS) is 21.7. The Kier molecular flexibility index (Phi) is 2.76. The maximum Gasteiger partial charge on any atom is 0.130 e. The van der Waals surface area contributed by atoms with E-state index in [4.69, 9.17) is 11.6 Å². The molecule has 0 spiro atoms. The summed E-state index contributed by atoms with van der Waals surface area (Å²) in [6.07, 6.45) is 4.37. The van der Waals surface area contributed by atoms with Gasteiger partial charge in [-0.05, 0) is 23.8 Å². The van der Waals surface area contributed by atoms with Crippen LogP contribution in [-0.2, 0) is 4.79 Å². The molecule has 0 radical (unpaired) electrons. The molecule has 90 valence electrons. The maximum atomic E-state index is 11.2. The van der Waals surface area contributed by atoms with E-state index in [1.54, 1.807) is 12.4 Å². The number of aromatic nitrogens is 1. The molecule has 2 unspecified atom stereocenters. The largest absolute Gasteiger partial charge is 0.322 e. The van der Waals surface area contributed by atoms with Gasteiger partial charge in [0, 0.05) is 11.9 Å². The van der Waals surface area contributed by atoms with Crippen molar-refractivity contribution in [1.29, 1.82) is 0 Å². The molecule has 2 heterocycles. The summed E-state index contributed by atoms with van der Waals surface area (Å²) in [6.45, 7) is 0. The van der Waals surface area contributed by atoms with E-state index in [0.29, 0.717) is 0 Å². The molecule has 0 saturated heterocycles. The molecule has 1 aromatic heterocycles. The number of carbonyl (C=O) groups excluding carboxylic acids is 1. The van der Waals surface area contributed by atoms with E-state index < -0.39 is 5.50 Å². The standard InChI is InChI=1S/C14H11ClN2O/c15-14-12(9-18)11-5-1-2-6-13(11)17(14)10-4-3-7-16-8-10/h1-9,12,14H. The lowest BCUT2D eigenvalue weighted by molar-refractivity contribution is -0.108. The fourth-order valence-corrected chi connectivity index (χ4v) is 2.76. The third kappa shape index (κ3) is 1.59. The Morgan fingerprint density at radius 1 is 1.22 bits per heavy atom. The molecule has 3 nitrogen and oxygen atoms in total. The molecule has 2 atom stereocenters. The van der Waals surface area contributed by atoms with Crippen LogP contribution in [0.4, 0.5) is 11.4 Å². The van der Waals surface area contributed by atoms with Gasteiger partial charge < -0.3 is 9.69 Å². The lowest BCUT2D eigenvalue weighted by Gasteiger charge is -2.23. The second-order valence-corrected chi connectivity index (χ2v) is 4.62. The highest BCUT2D eigenvalue weighted by molar-refractivity contribution is 6.25. The summed E-state index contributed by atoms with van der Waals surface area (Å²) in [5, 5.41) is 0. The number of halogens is 1. The minimum absolute atomic E-state index is 0.303. The van der Waals surface area contributed by atoms with Crippen molar-refractivity contribution in [2.45, 2.75) is 11.4 Å². The molecule has 0 saturated carbocycles. The number of fused-ring (bicyclic) bond motifs is 1. The Labute approximate surface area is 110 Å². The van der Waals surface area contributed by atoms with E-state index in [1.165, 1.54) is 0 Å². The van der Waals surface area contributed by atoms with Gasteiger partial charge in [0.05, 0.1) is 17.8 Å². The highest BCUT2D eigenvalue weighted by atomic mass is 35.5. The van der Waals surface area contributed by atoms with Gasteiger partial charge in [-0.3, -0.25) is 4.98 Å². The lowest BCUT2D eigenvalue weighted by Crippen LogP contribution is -2.25. The molecular formula is C14H11ClN2O. The number of hydrogen-bond donors (Lipinski definition) is 0. The Hall–Kier alpha value is -1.87. The number of rotatable bonds is 2. The average Bonchev–Trinajstić information content (AvgIpc) is 2.71. The van der Waals surface area contributed by atoms with Gasteiger partial charge >= 0.3 is 0 Å². The first-order valence-electron chi connectivity index (χ1n) is 5.70. The van der Waals surface area contributed by atoms with Gasteiger partial charge in [-0.25, -0.2) is 0 Å². The van der Waals surface area contributed by atoms with Gasteiger partial charge in [0.2, 0.25) is 0 Å². The van der Waals surface area contributed by atoms with Crippen LogP contribution >= 0.6 is 11.6 Å². The van der Waals surface area contributed by atoms with Crippen LogP contribution in [0.2, 0.25) is 0 Å². The topological polar surface area (TPSA) is 33.2 Å². The minimum Gasteiger partial charge on any atom is -0.322 e. The van der Waals surface area contributed by atoms with E-state index >= 15 is 0 Å². The zero-order chi connectivity index (χ0) is 12.5. The van der Waals surface area contributed by atoms with Crippen molar-refractivity contribution in [3.8, 4) is 0 Å². The molecule has 2 aromatic rings. The molecule has 0 amide bonds. The summed E-state index contributed by atoms with van der Waals surface area (Å²) < 4.78 is 0. The maximum absolute atomic E-state index is 11.2. The predicted octanol–water partition coefficient (Wildman–Crippen LogP) is 3.08. The number of hydrogen-bond acceptors (Lipinski definition) is 3. The summed E-state index contributed by atoms with van der Waals surface area (Å²) >= 11 is 6.41. The Morgan fingerprint density at radius 3 is 2.78 bits per heavy atom. The van der Waals surface area contributed by atoms with Crippen LogP contribution in [-0.4, -0.2) is 16.8 Å². The van der Waals surface area contributed by atoms with Crippen LogP contribution in [0.1, 0.15) is 11.5 Å². The smallest absolute Gasteiger partial charge is 0.130 e. The molecule has 1 aliphatic heterocycles. The first-order valence-corrected chi connectivity index (χ1v) is 6.14. The molecule has 0 N–H and O–H groups in total. The van der Waals surface area contributed by atoms with Gasteiger partial charge in [0.15, 0.2) is 0 Å². The summed E-state index contributed by atoms with van der Waals surface area (Å²) in [5.41, 5.74) is 2.44. The summed E-state index contributed by atoms with van der Waals surface area (Å²) in [7, 11) is 0. The van der Waals surface area contributed by atoms with Crippen LogP contribution in [0.3, 0.4) is 0 Å². The van der Waals surface area contributed by atoms with Crippen molar-refractivity contribution in [3.63, 3.8) is 0 Å². The van der Waals surface area contributed by atoms with Gasteiger partial charge in [0.25, 0.3) is 0 Å². The van der Waals surface area contributed by atoms with Crippen LogP contribution in [0, 0.1) is 0 Å². The van der Waals surface area contributed by atoms with E-state index in [0.717, 1.165) is 23.2 Å². The first-order chi connectivity index (χ1) is 8.83. The van der Waals surface area contributed by atoms with Crippen LogP contribution in [0.5, 0.6) is 0 Å². The van der Waals surface area contributed by atoms with Gasteiger partial charge in [0.1, 0.15) is 11.8 Å². The Bertz CT molecular complexity index is 573. The van der Waals surface area contributed by atoms with Crippen molar-refractivity contribution in [2.75, 3.05) is 4.90 Å². The lowest BCUT2D eigenvalue weighted by atomic mass is 10.0. The Balaban J connectivity index is 2.14. The van der Waals surface area contributed by atoms with E-state index in [2.05, 4.69) is 4.98 Å². The summed E-state index contributed by atoms with van der Waals surface area (Å²) in [4.78, 5) is 17.3. The molecule has 1 aliphatic rings. The van der Waals surface area contributed by atoms with Gasteiger partial charge in [-0.1, -0.05) is 29.8 Å². The van der Waals surface area contributed by atoms with E-state index in [9.17, 15) is 4.79 Å². The average molecular weight is 259 g/mol. The number of anilines is 2. The molecule has 18 heavy (non-hydrogen) atoms. The third-order valence-corrected chi connectivity index (χ3v) is 3.64. The first kappa shape index (κ1) is 11.2. The molecule has 0 fully saturated rings. The zero-order valence-electron chi connectivity index (χ0n) is 9.53. The zero-order valence-corrected chi connectivity index (χ0v) is 10.3. The quantitative estimate of drug-likeness (QED) is 0.472. The number of carbonyl (C=O) groups is 1. The van der Waals surface area contributed by atoms with E-state index in [1.807, 2.05) is 41.3 Å². The van der Waals surface area contributed by atoms with Crippen molar-refractivity contribution in [1.82, 2.24) is 4.98 Å². The number of alkyl halides is 1. The number of benzene rings is 1. The second kappa shape index (κ2) is 4.42. The van der Waals surface area contributed by atoms with Crippen molar-refractivity contribution in [2.24, 2.45) is 0 Å². The predicted molar refractivity (Wildman–Crippen MR) is 71.3 cm³/mol. The van der Waals surface area contributed by atoms with Gasteiger partial charge in [-0.15, -0.1) is 0 Å². The van der Waals surface area contributed by atoms with E-state index in [-0.39, 0.29) is 5.92 Å². The molecule has 1 aromatic carbocycles. The SMILES string of the molecule is O=CC1c2ccccc2N(c2cccnc2)C1Cl. The molecule has 4 heteroatoms. The van der Waals surface area contributed by atoms with Crippen molar-refractivity contribution < 1.29 is 4.79 Å². The minimum atomic E-state index is -0.399. The number of para-hydroxylation sites is 1. The second-order valence-electron chi connectivity index (χ2n) is 4.17. The molecule has 0 aliphatic carbocycles. The summed E-state index contributed by atoms with van der Waals surface area (Å²) in [6, 6.07) is 11.6. The molecular weight excluding hydrogens is 248 g/mol. The number of pyridine rings is 1. The number of aldehydes is 1. The van der Waals surface area contributed by atoms with Gasteiger partial charge in [-0.2, -0.15) is 0 Å². The highest BCUT2D eigenvalue weighted by Crippen LogP contribution is 2.45. The van der Waals surface area contributed by atoms with Crippen molar-refractivity contribution >= 4 is 29.3 Å². The van der Waals surface area contributed by atoms with Crippen LogP contribution in [0.25, 0.3) is 0 Å². The highest BCUT2D eigenvalue weighted by Gasteiger charge is 2.37. The summed E-state index contributed by atoms with van der Waals surface area (Å²) in [5.74, 6) is -0.303. The van der Waals surface area contributed by atoms with Crippen LogP contribution in [0.15, 0.2) is 48.8 Å². The molecule has 0 bridgehead atoms. The van der Waals surface area contributed by atoms with Crippen LogP contribution < -0.4 is 4.90 Å².